The van der Waals surface area contributed by atoms with Crippen molar-refractivity contribution in [2.24, 2.45) is 0 Å². The number of halogens is 1. The lowest BCUT2D eigenvalue weighted by Gasteiger charge is -2.35. The number of nitrogens with zero attached hydrogens (tertiary/aromatic N) is 2. The van der Waals surface area contributed by atoms with Gasteiger partial charge in [0.05, 0.1) is 0 Å². The van der Waals surface area contributed by atoms with Crippen LogP contribution in [0.1, 0.15) is 4.88 Å². The lowest BCUT2D eigenvalue weighted by atomic mass is 10.2. The number of β-amino-alcohol motifs (C(OH)–C–C–N with tert-alkyl or cyclic N) is 1. The molecule has 0 spiro atoms. The molecule has 0 radical (unpaired) electrons. The summed E-state index contributed by atoms with van der Waals surface area (Å²) in [5.74, 6) is 0.738. The highest BCUT2D eigenvalue weighted by molar-refractivity contribution is 7.09. The normalized spacial score (nSPS) is 17.5. The van der Waals surface area contributed by atoms with E-state index >= 15 is 0 Å². The first kappa shape index (κ1) is 18.7. The molecule has 2 heterocycles. The monoisotopic (exact) mass is 380 g/mol. The fraction of sp³-hybridized carbons (Fsp3) is 0.474. The Hall–Kier alpha value is -1.11. The number of piperazine rings is 1. The van der Waals surface area contributed by atoms with Gasteiger partial charge >= 0.3 is 0 Å². The van der Waals surface area contributed by atoms with Crippen LogP contribution in [-0.4, -0.2) is 66.9 Å². The summed E-state index contributed by atoms with van der Waals surface area (Å²) in [6.45, 7) is 6.22. The highest BCUT2D eigenvalue weighted by Crippen LogP contribution is 2.16. The van der Waals surface area contributed by atoms with Crippen LogP contribution in [0.2, 0.25) is 5.02 Å². The molecule has 25 heavy (non-hydrogen) atoms. The summed E-state index contributed by atoms with van der Waals surface area (Å²) in [6.07, 6.45) is 0.656. The van der Waals surface area contributed by atoms with Gasteiger partial charge in [0.1, 0.15) is 18.5 Å². The lowest BCUT2D eigenvalue weighted by molar-refractivity contribution is 0.0463. The Morgan fingerprint density at radius 3 is 2.48 bits per heavy atom. The van der Waals surface area contributed by atoms with Crippen molar-refractivity contribution >= 4 is 22.9 Å². The number of hydrogen-bond acceptors (Lipinski definition) is 5. The summed E-state index contributed by atoms with van der Waals surface area (Å²) in [6, 6.07) is 11.5. The molecule has 3 rings (SSSR count). The van der Waals surface area contributed by atoms with Gasteiger partial charge < -0.3 is 14.7 Å². The Labute approximate surface area is 158 Å². The van der Waals surface area contributed by atoms with Crippen molar-refractivity contribution in [3.05, 3.63) is 51.7 Å². The van der Waals surface area contributed by atoms with Gasteiger partial charge in [0.15, 0.2) is 0 Å². The van der Waals surface area contributed by atoms with Gasteiger partial charge in [-0.3, -0.25) is 4.90 Å². The highest BCUT2D eigenvalue weighted by atomic mass is 35.5. The molecule has 0 bridgehead atoms. The smallest absolute Gasteiger partial charge is 0.119 e. The molecule has 0 amide bonds. The summed E-state index contributed by atoms with van der Waals surface area (Å²) in [5, 5.41) is 13.0. The maximum atomic E-state index is 10.2. The zero-order chi connectivity index (χ0) is 17.5. The molecule has 1 aliphatic rings. The van der Waals surface area contributed by atoms with Crippen LogP contribution in [0, 0.1) is 0 Å². The summed E-state index contributed by atoms with van der Waals surface area (Å²) < 4.78 is 5.62. The first-order valence-electron chi connectivity index (χ1n) is 8.72. The minimum atomic E-state index is -0.478. The van der Waals surface area contributed by atoms with Gasteiger partial charge in [0.2, 0.25) is 0 Å². The van der Waals surface area contributed by atoms with Crippen molar-refractivity contribution in [1.82, 2.24) is 9.80 Å². The largest absolute Gasteiger partial charge is 0.491 e. The Balaban J connectivity index is 1.32. The molecular weight excluding hydrogens is 356 g/mol. The number of aliphatic hydroxyl groups is 1. The molecule has 4 nitrogen and oxygen atoms in total. The third kappa shape index (κ3) is 6.28. The van der Waals surface area contributed by atoms with Gasteiger partial charge in [-0.05, 0) is 42.1 Å². The number of aliphatic hydroxyl groups excluding tert-OH is 1. The molecule has 1 unspecified atom stereocenters. The van der Waals surface area contributed by atoms with E-state index in [4.69, 9.17) is 16.3 Å². The van der Waals surface area contributed by atoms with Gasteiger partial charge in [0.25, 0.3) is 0 Å². The third-order valence-corrected chi connectivity index (χ3v) is 5.63. The summed E-state index contributed by atoms with van der Waals surface area (Å²) in [7, 11) is 0. The predicted octanol–water partition coefficient (Wildman–Crippen LogP) is 3.00. The van der Waals surface area contributed by atoms with Crippen LogP contribution in [0.5, 0.6) is 5.75 Å². The third-order valence-electron chi connectivity index (χ3n) is 4.44. The van der Waals surface area contributed by atoms with Crippen molar-refractivity contribution < 1.29 is 9.84 Å². The molecule has 0 aliphatic carbocycles. The average molecular weight is 381 g/mol. The minimum absolute atomic E-state index is 0.306. The molecule has 1 aromatic carbocycles. The number of thiophene rings is 1. The first-order valence-corrected chi connectivity index (χ1v) is 9.98. The van der Waals surface area contributed by atoms with E-state index in [9.17, 15) is 5.11 Å². The van der Waals surface area contributed by atoms with Crippen molar-refractivity contribution in [3.8, 4) is 5.75 Å². The maximum absolute atomic E-state index is 10.2. The molecular formula is C19H25ClN2O2S. The molecule has 136 valence electrons. The van der Waals surface area contributed by atoms with Gasteiger partial charge in [0, 0.05) is 49.2 Å². The van der Waals surface area contributed by atoms with E-state index in [-0.39, 0.29) is 0 Å². The van der Waals surface area contributed by atoms with Crippen LogP contribution in [0.3, 0.4) is 0 Å². The SMILES string of the molecule is OC(COc1ccc(Cl)cc1)CN1CCN(CCc2cccs2)CC1. The van der Waals surface area contributed by atoms with Crippen molar-refractivity contribution in [3.63, 3.8) is 0 Å². The van der Waals surface area contributed by atoms with E-state index in [2.05, 4.69) is 27.3 Å². The molecule has 1 aliphatic heterocycles. The zero-order valence-electron chi connectivity index (χ0n) is 14.3. The van der Waals surface area contributed by atoms with Crippen LogP contribution in [0.25, 0.3) is 0 Å². The second kappa shape index (κ2) is 9.55. The van der Waals surface area contributed by atoms with Crippen molar-refractivity contribution in [1.29, 1.82) is 0 Å². The van der Waals surface area contributed by atoms with Crippen LogP contribution in [0.4, 0.5) is 0 Å². The molecule has 1 fully saturated rings. The van der Waals surface area contributed by atoms with Crippen LogP contribution < -0.4 is 4.74 Å². The van der Waals surface area contributed by atoms with E-state index in [1.54, 1.807) is 12.1 Å². The highest BCUT2D eigenvalue weighted by Gasteiger charge is 2.19. The molecule has 1 N–H and O–H groups in total. The second-order valence-electron chi connectivity index (χ2n) is 6.39. The Morgan fingerprint density at radius 2 is 1.80 bits per heavy atom. The van der Waals surface area contributed by atoms with Crippen molar-refractivity contribution in [2.45, 2.75) is 12.5 Å². The number of rotatable bonds is 8. The quantitative estimate of drug-likeness (QED) is 0.763. The van der Waals surface area contributed by atoms with Crippen LogP contribution in [-0.2, 0) is 6.42 Å². The van der Waals surface area contributed by atoms with Crippen molar-refractivity contribution in [2.75, 3.05) is 45.9 Å². The zero-order valence-corrected chi connectivity index (χ0v) is 15.9. The van der Waals surface area contributed by atoms with Crippen LogP contribution >= 0.6 is 22.9 Å². The van der Waals surface area contributed by atoms with E-state index in [0.29, 0.717) is 18.2 Å². The Kier molecular flexibility index (Phi) is 7.13. The van der Waals surface area contributed by atoms with Gasteiger partial charge in [-0.2, -0.15) is 0 Å². The van der Waals surface area contributed by atoms with E-state index < -0.39 is 6.10 Å². The molecule has 1 atom stereocenters. The van der Waals surface area contributed by atoms with Crippen LogP contribution in [0.15, 0.2) is 41.8 Å². The van der Waals surface area contributed by atoms with E-state index in [1.807, 2.05) is 23.5 Å². The van der Waals surface area contributed by atoms with E-state index in [0.717, 1.165) is 44.9 Å². The number of benzene rings is 1. The standard InChI is InChI=1S/C19H25ClN2O2S/c20-16-3-5-18(6-4-16)24-15-17(23)14-22-11-9-21(10-12-22)8-7-19-2-1-13-25-19/h1-6,13,17,23H,7-12,14-15H2. The molecule has 1 aromatic heterocycles. The maximum Gasteiger partial charge on any atom is 0.119 e. The Morgan fingerprint density at radius 1 is 1.08 bits per heavy atom. The number of ether oxygens (including phenoxy) is 1. The fourth-order valence-electron chi connectivity index (χ4n) is 2.99. The van der Waals surface area contributed by atoms with Gasteiger partial charge in [-0.15, -0.1) is 11.3 Å². The second-order valence-corrected chi connectivity index (χ2v) is 7.86. The Bertz CT molecular complexity index is 613. The average Bonchev–Trinajstić information content (AvgIpc) is 3.14. The summed E-state index contributed by atoms with van der Waals surface area (Å²) in [5.41, 5.74) is 0. The predicted molar refractivity (Wildman–Crippen MR) is 104 cm³/mol. The first-order chi connectivity index (χ1) is 12.2. The minimum Gasteiger partial charge on any atom is -0.491 e. The molecule has 1 saturated heterocycles. The topological polar surface area (TPSA) is 35.9 Å². The molecule has 0 saturated carbocycles. The van der Waals surface area contributed by atoms with Gasteiger partial charge in [-0.1, -0.05) is 17.7 Å². The fourth-order valence-corrected chi connectivity index (χ4v) is 3.82. The summed E-state index contributed by atoms with van der Waals surface area (Å²) in [4.78, 5) is 6.28. The number of hydrogen-bond donors (Lipinski definition) is 1. The molecule has 6 heteroatoms. The molecule has 2 aromatic rings. The van der Waals surface area contributed by atoms with E-state index in [1.165, 1.54) is 4.88 Å². The lowest BCUT2D eigenvalue weighted by Crippen LogP contribution is -2.49. The summed E-state index contributed by atoms with van der Waals surface area (Å²) >= 11 is 7.68. The van der Waals surface area contributed by atoms with Gasteiger partial charge in [-0.25, -0.2) is 0 Å².